The molecule has 18 heavy (non-hydrogen) atoms. The second-order valence-electron chi connectivity index (χ2n) is 5.02. The SMILES string of the molecule is CC(=O)Nc1ccccc1CNCC1(O)CCC1. The van der Waals surface area contributed by atoms with E-state index in [-0.39, 0.29) is 5.91 Å². The first-order valence-corrected chi connectivity index (χ1v) is 6.38. The maximum absolute atomic E-state index is 11.1. The van der Waals surface area contributed by atoms with Crippen molar-refractivity contribution in [2.24, 2.45) is 0 Å². The molecule has 4 nitrogen and oxygen atoms in total. The van der Waals surface area contributed by atoms with Crippen LogP contribution >= 0.6 is 0 Å². The van der Waals surface area contributed by atoms with Crippen LogP contribution in [0.2, 0.25) is 0 Å². The molecule has 1 aliphatic rings. The van der Waals surface area contributed by atoms with Crippen molar-refractivity contribution in [1.29, 1.82) is 0 Å². The van der Waals surface area contributed by atoms with Crippen molar-refractivity contribution in [2.45, 2.75) is 38.3 Å². The highest BCUT2D eigenvalue weighted by molar-refractivity contribution is 5.89. The number of carbonyl (C=O) groups is 1. The van der Waals surface area contributed by atoms with Crippen LogP contribution in [0.3, 0.4) is 0 Å². The third-order valence-electron chi connectivity index (χ3n) is 3.38. The number of aliphatic hydroxyl groups is 1. The van der Waals surface area contributed by atoms with Gasteiger partial charge in [-0.15, -0.1) is 0 Å². The molecule has 4 heteroatoms. The molecule has 0 radical (unpaired) electrons. The van der Waals surface area contributed by atoms with Crippen LogP contribution in [0.4, 0.5) is 5.69 Å². The summed E-state index contributed by atoms with van der Waals surface area (Å²) in [6.07, 6.45) is 2.88. The van der Waals surface area contributed by atoms with Gasteiger partial charge in [-0.05, 0) is 30.9 Å². The topological polar surface area (TPSA) is 61.4 Å². The number of benzene rings is 1. The summed E-state index contributed by atoms with van der Waals surface area (Å²) in [5.74, 6) is -0.0694. The highest BCUT2D eigenvalue weighted by Crippen LogP contribution is 2.30. The first-order valence-electron chi connectivity index (χ1n) is 6.38. The van der Waals surface area contributed by atoms with Gasteiger partial charge in [0.2, 0.25) is 5.91 Å². The molecule has 0 saturated heterocycles. The summed E-state index contributed by atoms with van der Waals surface area (Å²) in [4.78, 5) is 11.1. The largest absolute Gasteiger partial charge is 0.389 e. The summed E-state index contributed by atoms with van der Waals surface area (Å²) in [6, 6.07) is 7.70. The van der Waals surface area contributed by atoms with Gasteiger partial charge in [0.25, 0.3) is 0 Å². The second-order valence-corrected chi connectivity index (χ2v) is 5.02. The Morgan fingerprint density at radius 3 is 2.72 bits per heavy atom. The van der Waals surface area contributed by atoms with Gasteiger partial charge < -0.3 is 15.7 Å². The van der Waals surface area contributed by atoms with Crippen molar-refractivity contribution in [3.05, 3.63) is 29.8 Å². The second kappa shape index (κ2) is 5.50. The number of hydrogen-bond acceptors (Lipinski definition) is 3. The van der Waals surface area contributed by atoms with E-state index in [9.17, 15) is 9.90 Å². The number of amides is 1. The molecule has 0 bridgehead atoms. The van der Waals surface area contributed by atoms with Gasteiger partial charge in [0.05, 0.1) is 5.60 Å². The molecule has 1 amide bonds. The zero-order valence-electron chi connectivity index (χ0n) is 10.7. The fourth-order valence-electron chi connectivity index (χ4n) is 2.18. The van der Waals surface area contributed by atoms with E-state index in [2.05, 4.69) is 10.6 Å². The van der Waals surface area contributed by atoms with Crippen molar-refractivity contribution in [3.63, 3.8) is 0 Å². The minimum atomic E-state index is -0.511. The number of nitrogens with one attached hydrogen (secondary N) is 2. The predicted molar refractivity (Wildman–Crippen MR) is 71.3 cm³/mol. The van der Waals surface area contributed by atoms with Crippen LogP contribution in [0, 0.1) is 0 Å². The Labute approximate surface area is 107 Å². The molecule has 1 aromatic rings. The van der Waals surface area contributed by atoms with Gasteiger partial charge in [0, 0.05) is 25.7 Å². The highest BCUT2D eigenvalue weighted by Gasteiger charge is 2.33. The Kier molecular flexibility index (Phi) is 3.99. The molecule has 2 rings (SSSR count). The summed E-state index contributed by atoms with van der Waals surface area (Å²) < 4.78 is 0. The van der Waals surface area contributed by atoms with Crippen molar-refractivity contribution in [3.8, 4) is 0 Å². The van der Waals surface area contributed by atoms with Crippen molar-refractivity contribution in [1.82, 2.24) is 5.32 Å². The predicted octanol–water partition coefficient (Wildman–Crippen LogP) is 1.65. The van der Waals surface area contributed by atoms with Crippen LogP contribution in [0.15, 0.2) is 24.3 Å². The molecule has 3 N–H and O–H groups in total. The Morgan fingerprint density at radius 1 is 1.39 bits per heavy atom. The number of carbonyl (C=O) groups excluding carboxylic acids is 1. The minimum absolute atomic E-state index is 0.0694. The van der Waals surface area contributed by atoms with E-state index in [4.69, 9.17) is 0 Å². The molecule has 1 aromatic carbocycles. The molecule has 0 aliphatic heterocycles. The maximum atomic E-state index is 11.1. The van der Waals surface area contributed by atoms with E-state index < -0.39 is 5.60 Å². The molecule has 0 atom stereocenters. The summed E-state index contributed by atoms with van der Waals surface area (Å²) in [5, 5.41) is 16.0. The Morgan fingerprint density at radius 2 is 2.11 bits per heavy atom. The highest BCUT2D eigenvalue weighted by atomic mass is 16.3. The molecule has 1 aliphatic carbocycles. The zero-order chi connectivity index (χ0) is 13.0. The minimum Gasteiger partial charge on any atom is -0.389 e. The smallest absolute Gasteiger partial charge is 0.221 e. The Hall–Kier alpha value is -1.39. The lowest BCUT2D eigenvalue weighted by molar-refractivity contribution is -0.114. The standard InChI is InChI=1S/C14H20N2O2/c1-11(17)16-13-6-3-2-5-12(13)9-15-10-14(18)7-4-8-14/h2-3,5-6,15,18H,4,7-10H2,1H3,(H,16,17). The lowest BCUT2D eigenvalue weighted by Crippen LogP contribution is -2.46. The van der Waals surface area contributed by atoms with E-state index in [0.717, 1.165) is 30.5 Å². The van der Waals surface area contributed by atoms with Crippen molar-refractivity contribution < 1.29 is 9.90 Å². The molecule has 0 aromatic heterocycles. The summed E-state index contributed by atoms with van der Waals surface area (Å²) in [5.41, 5.74) is 1.36. The van der Waals surface area contributed by atoms with Crippen molar-refractivity contribution in [2.75, 3.05) is 11.9 Å². The van der Waals surface area contributed by atoms with Crippen LogP contribution < -0.4 is 10.6 Å². The quantitative estimate of drug-likeness (QED) is 0.742. The van der Waals surface area contributed by atoms with E-state index in [1.807, 2.05) is 24.3 Å². The van der Waals surface area contributed by atoms with Crippen LogP contribution in [-0.4, -0.2) is 23.2 Å². The van der Waals surface area contributed by atoms with Gasteiger partial charge in [-0.25, -0.2) is 0 Å². The summed E-state index contributed by atoms with van der Waals surface area (Å²) in [6.45, 7) is 2.77. The van der Waals surface area contributed by atoms with Crippen molar-refractivity contribution >= 4 is 11.6 Å². The average molecular weight is 248 g/mol. The fourth-order valence-corrected chi connectivity index (χ4v) is 2.18. The van der Waals surface area contributed by atoms with Crippen LogP contribution in [0.1, 0.15) is 31.7 Å². The third kappa shape index (κ3) is 3.31. The molecule has 0 spiro atoms. The zero-order valence-corrected chi connectivity index (χ0v) is 10.7. The average Bonchev–Trinajstić information content (AvgIpc) is 2.28. The molecular formula is C14H20N2O2. The lowest BCUT2D eigenvalue weighted by atomic mass is 9.80. The Balaban J connectivity index is 1.89. The van der Waals surface area contributed by atoms with E-state index >= 15 is 0 Å². The van der Waals surface area contributed by atoms with Crippen LogP contribution in [0.25, 0.3) is 0 Å². The summed E-state index contributed by atoms with van der Waals surface area (Å²) in [7, 11) is 0. The molecular weight excluding hydrogens is 228 g/mol. The molecule has 0 unspecified atom stereocenters. The number of anilines is 1. The van der Waals surface area contributed by atoms with Gasteiger partial charge >= 0.3 is 0 Å². The normalized spacial score (nSPS) is 17.0. The molecule has 1 saturated carbocycles. The fraction of sp³-hybridized carbons (Fsp3) is 0.500. The third-order valence-corrected chi connectivity index (χ3v) is 3.38. The molecule has 98 valence electrons. The molecule has 0 heterocycles. The monoisotopic (exact) mass is 248 g/mol. The number of para-hydroxylation sites is 1. The van der Waals surface area contributed by atoms with Gasteiger partial charge in [-0.1, -0.05) is 18.2 Å². The van der Waals surface area contributed by atoms with Crippen LogP contribution in [-0.2, 0) is 11.3 Å². The first-order chi connectivity index (χ1) is 8.59. The molecule has 1 fully saturated rings. The summed E-state index contributed by atoms with van der Waals surface area (Å²) >= 11 is 0. The van der Waals surface area contributed by atoms with Gasteiger partial charge in [0.1, 0.15) is 0 Å². The van der Waals surface area contributed by atoms with Gasteiger partial charge in [-0.3, -0.25) is 4.79 Å². The van der Waals surface area contributed by atoms with Gasteiger partial charge in [-0.2, -0.15) is 0 Å². The van der Waals surface area contributed by atoms with E-state index in [1.54, 1.807) is 0 Å². The lowest BCUT2D eigenvalue weighted by Gasteiger charge is -2.36. The number of hydrogen-bond donors (Lipinski definition) is 3. The Bertz CT molecular complexity index is 428. The van der Waals surface area contributed by atoms with E-state index in [0.29, 0.717) is 13.1 Å². The first kappa shape index (κ1) is 13.1. The van der Waals surface area contributed by atoms with Crippen LogP contribution in [0.5, 0.6) is 0 Å². The maximum Gasteiger partial charge on any atom is 0.221 e. The van der Waals surface area contributed by atoms with E-state index in [1.165, 1.54) is 6.92 Å². The number of rotatable bonds is 5. The van der Waals surface area contributed by atoms with Gasteiger partial charge in [0.15, 0.2) is 0 Å².